The summed E-state index contributed by atoms with van der Waals surface area (Å²) in [6.45, 7) is 0. The maximum Gasteiger partial charge on any atom is 0.234 e. The third kappa shape index (κ3) is 7.05. The Labute approximate surface area is 188 Å². The first-order chi connectivity index (χ1) is 14.5. The fourth-order valence-electron chi connectivity index (χ4n) is 2.50. The molecule has 3 rings (SSSR count). The number of aromatic nitrogens is 1. The quantitative estimate of drug-likeness (QED) is 0.475. The molecule has 0 spiro atoms. The summed E-state index contributed by atoms with van der Waals surface area (Å²) in [5.41, 5.74) is 2.43. The largest absolute Gasteiger partial charge is 0.497 e. The number of thioether (sulfide) groups is 1. The van der Waals surface area contributed by atoms with Gasteiger partial charge in [-0.1, -0.05) is 23.7 Å². The minimum atomic E-state index is -0.134. The van der Waals surface area contributed by atoms with Crippen LogP contribution in [0.25, 0.3) is 0 Å². The van der Waals surface area contributed by atoms with Crippen LogP contribution in [-0.4, -0.2) is 29.7 Å². The molecule has 1 heterocycles. The molecule has 2 N–H and O–H groups in total. The number of benzene rings is 2. The standard InChI is InChI=1S/C21H20ClN3O3S2/c1-28-18-8-6-16(7-9-18)23-20(27)13-29-11-17-12-30-21(24-17)25-19(26)10-14-2-4-15(22)5-3-14/h2-9,12H,10-11,13H2,1H3,(H,23,27)(H,24,25,26). The van der Waals surface area contributed by atoms with Gasteiger partial charge in [-0.2, -0.15) is 0 Å². The van der Waals surface area contributed by atoms with Crippen LogP contribution in [0.5, 0.6) is 5.75 Å². The van der Waals surface area contributed by atoms with E-state index in [2.05, 4.69) is 15.6 Å². The number of methoxy groups -OCH3 is 1. The zero-order chi connectivity index (χ0) is 21.3. The molecule has 2 aromatic carbocycles. The second-order valence-electron chi connectivity index (χ2n) is 6.26. The first-order valence-electron chi connectivity index (χ1n) is 9.02. The Morgan fingerprint density at radius 2 is 1.80 bits per heavy atom. The van der Waals surface area contributed by atoms with E-state index in [1.807, 2.05) is 17.5 Å². The molecule has 30 heavy (non-hydrogen) atoms. The van der Waals surface area contributed by atoms with Gasteiger partial charge in [0.1, 0.15) is 5.75 Å². The van der Waals surface area contributed by atoms with Crippen LogP contribution in [0.1, 0.15) is 11.3 Å². The summed E-state index contributed by atoms with van der Waals surface area (Å²) in [6, 6.07) is 14.3. The van der Waals surface area contributed by atoms with E-state index in [1.165, 1.54) is 23.1 Å². The van der Waals surface area contributed by atoms with Crippen molar-refractivity contribution in [2.75, 3.05) is 23.5 Å². The smallest absolute Gasteiger partial charge is 0.234 e. The molecule has 3 aromatic rings. The summed E-state index contributed by atoms with van der Waals surface area (Å²) >= 11 is 8.68. The summed E-state index contributed by atoms with van der Waals surface area (Å²) < 4.78 is 5.09. The lowest BCUT2D eigenvalue weighted by atomic mass is 10.1. The van der Waals surface area contributed by atoms with Crippen LogP contribution in [0.4, 0.5) is 10.8 Å². The normalized spacial score (nSPS) is 10.5. The van der Waals surface area contributed by atoms with Crippen LogP contribution in [0.15, 0.2) is 53.9 Å². The summed E-state index contributed by atoms with van der Waals surface area (Å²) in [5, 5.41) is 8.71. The first kappa shape index (κ1) is 22.1. The van der Waals surface area contributed by atoms with Gasteiger partial charge in [-0.3, -0.25) is 9.59 Å². The van der Waals surface area contributed by atoms with E-state index >= 15 is 0 Å². The fraction of sp³-hybridized carbons (Fsp3) is 0.190. The van der Waals surface area contributed by atoms with Crippen molar-refractivity contribution in [2.24, 2.45) is 0 Å². The highest BCUT2D eigenvalue weighted by Gasteiger charge is 2.09. The van der Waals surface area contributed by atoms with Gasteiger partial charge in [-0.25, -0.2) is 4.98 Å². The van der Waals surface area contributed by atoms with Crippen LogP contribution in [0.2, 0.25) is 5.02 Å². The predicted molar refractivity (Wildman–Crippen MR) is 124 cm³/mol. The lowest BCUT2D eigenvalue weighted by Gasteiger charge is -2.06. The van der Waals surface area contributed by atoms with Crippen LogP contribution < -0.4 is 15.4 Å². The van der Waals surface area contributed by atoms with Gasteiger partial charge in [0.05, 0.1) is 25.0 Å². The van der Waals surface area contributed by atoms with Crippen LogP contribution in [0.3, 0.4) is 0 Å². The monoisotopic (exact) mass is 461 g/mol. The third-order valence-corrected chi connectivity index (χ3v) is 5.96. The molecule has 0 aliphatic carbocycles. The number of nitrogens with one attached hydrogen (secondary N) is 2. The Bertz CT molecular complexity index is 991. The van der Waals surface area contributed by atoms with E-state index in [-0.39, 0.29) is 18.2 Å². The lowest BCUT2D eigenvalue weighted by molar-refractivity contribution is -0.115. The number of hydrogen-bond acceptors (Lipinski definition) is 6. The molecule has 0 aliphatic heterocycles. The van der Waals surface area contributed by atoms with Gasteiger partial charge in [0, 0.05) is 21.8 Å². The number of hydrogen-bond donors (Lipinski definition) is 2. The number of amides is 2. The van der Waals surface area contributed by atoms with E-state index < -0.39 is 0 Å². The van der Waals surface area contributed by atoms with Gasteiger partial charge < -0.3 is 15.4 Å². The molecule has 1 aromatic heterocycles. The molecular formula is C21H20ClN3O3S2. The summed E-state index contributed by atoms with van der Waals surface area (Å²) in [7, 11) is 1.60. The molecular weight excluding hydrogens is 442 g/mol. The van der Waals surface area contributed by atoms with E-state index in [0.29, 0.717) is 21.7 Å². The molecule has 0 saturated heterocycles. The van der Waals surface area contributed by atoms with Gasteiger partial charge in [0.15, 0.2) is 5.13 Å². The fourth-order valence-corrected chi connectivity index (χ4v) is 4.18. The maximum absolute atomic E-state index is 12.1. The molecule has 156 valence electrons. The molecule has 0 unspecified atom stereocenters. The minimum Gasteiger partial charge on any atom is -0.497 e. The van der Waals surface area contributed by atoms with Crippen molar-refractivity contribution in [1.82, 2.24) is 4.98 Å². The van der Waals surface area contributed by atoms with Gasteiger partial charge in [0.2, 0.25) is 11.8 Å². The van der Waals surface area contributed by atoms with Crippen molar-refractivity contribution < 1.29 is 14.3 Å². The zero-order valence-corrected chi connectivity index (χ0v) is 18.6. The molecule has 0 saturated carbocycles. The molecule has 0 radical (unpaired) electrons. The summed E-state index contributed by atoms with van der Waals surface area (Å²) in [6.07, 6.45) is 0.256. The van der Waals surface area contributed by atoms with Crippen molar-refractivity contribution in [2.45, 2.75) is 12.2 Å². The van der Waals surface area contributed by atoms with Crippen LogP contribution in [0, 0.1) is 0 Å². The topological polar surface area (TPSA) is 80.3 Å². The Hall–Kier alpha value is -2.55. The third-order valence-electron chi connectivity index (χ3n) is 3.93. The molecule has 6 nitrogen and oxygen atoms in total. The van der Waals surface area contributed by atoms with Crippen LogP contribution in [-0.2, 0) is 21.8 Å². The number of halogens is 1. The number of ether oxygens (including phenoxy) is 1. The number of anilines is 2. The Morgan fingerprint density at radius 3 is 2.50 bits per heavy atom. The van der Waals surface area contributed by atoms with Gasteiger partial charge >= 0.3 is 0 Å². The molecule has 9 heteroatoms. The van der Waals surface area contributed by atoms with E-state index in [4.69, 9.17) is 16.3 Å². The highest BCUT2D eigenvalue weighted by molar-refractivity contribution is 7.99. The van der Waals surface area contributed by atoms with E-state index in [9.17, 15) is 9.59 Å². The maximum atomic E-state index is 12.1. The number of carbonyl (C=O) groups is 2. The van der Waals surface area contributed by atoms with E-state index in [0.717, 1.165) is 22.7 Å². The van der Waals surface area contributed by atoms with Crippen molar-refractivity contribution in [3.8, 4) is 5.75 Å². The highest BCUT2D eigenvalue weighted by atomic mass is 35.5. The van der Waals surface area contributed by atoms with Crippen molar-refractivity contribution in [1.29, 1.82) is 0 Å². The number of rotatable bonds is 9. The van der Waals surface area contributed by atoms with Crippen molar-refractivity contribution in [3.63, 3.8) is 0 Å². The first-order valence-corrected chi connectivity index (χ1v) is 11.4. The van der Waals surface area contributed by atoms with Gasteiger partial charge in [0.25, 0.3) is 0 Å². The average molecular weight is 462 g/mol. The van der Waals surface area contributed by atoms with Gasteiger partial charge in [-0.05, 0) is 42.0 Å². The summed E-state index contributed by atoms with van der Waals surface area (Å²) in [5.74, 6) is 1.41. The molecule has 0 aliphatic rings. The van der Waals surface area contributed by atoms with Crippen LogP contribution >= 0.6 is 34.7 Å². The second kappa shape index (κ2) is 11.0. The Balaban J connectivity index is 1.39. The molecule has 2 amide bonds. The molecule has 0 atom stereocenters. The van der Waals surface area contributed by atoms with E-state index in [1.54, 1.807) is 43.5 Å². The average Bonchev–Trinajstić information content (AvgIpc) is 3.17. The zero-order valence-electron chi connectivity index (χ0n) is 16.2. The van der Waals surface area contributed by atoms with Crippen molar-refractivity contribution >= 4 is 57.3 Å². The number of nitrogens with zero attached hydrogens (tertiary/aromatic N) is 1. The number of carbonyl (C=O) groups excluding carboxylic acids is 2. The Morgan fingerprint density at radius 1 is 1.07 bits per heavy atom. The number of thiazole rings is 1. The van der Waals surface area contributed by atoms with Crippen molar-refractivity contribution in [3.05, 3.63) is 70.2 Å². The second-order valence-corrected chi connectivity index (χ2v) is 8.55. The Kier molecular flexibility index (Phi) is 8.12. The predicted octanol–water partition coefficient (Wildman–Crippen LogP) is 4.86. The SMILES string of the molecule is COc1ccc(NC(=O)CSCc2csc(NC(=O)Cc3ccc(Cl)cc3)n2)cc1. The molecule has 0 fully saturated rings. The van der Waals surface area contributed by atoms with Gasteiger partial charge in [-0.15, -0.1) is 23.1 Å². The molecule has 0 bridgehead atoms. The highest BCUT2D eigenvalue weighted by Crippen LogP contribution is 2.21. The lowest BCUT2D eigenvalue weighted by Crippen LogP contribution is -2.14. The minimum absolute atomic E-state index is 0.0862. The summed E-state index contributed by atoms with van der Waals surface area (Å²) in [4.78, 5) is 28.6.